The highest BCUT2D eigenvalue weighted by molar-refractivity contribution is 7.80. The molecule has 26 heavy (non-hydrogen) atoms. The molecule has 0 spiro atoms. The molecular weight excluding hydrogens is 372 g/mol. The average Bonchev–Trinajstić information content (AvgIpc) is 2.64. The zero-order chi connectivity index (χ0) is 18.5. The Labute approximate surface area is 162 Å². The lowest BCUT2D eigenvalue weighted by atomic mass is 10.2. The zero-order valence-corrected chi connectivity index (χ0v) is 15.7. The number of nitro benzene ring substituents is 1. The first kappa shape index (κ1) is 18.6. The number of rotatable bonds is 4. The molecule has 136 valence electrons. The minimum Gasteiger partial charge on any atom is -0.346 e. The molecule has 0 amide bonds. The molecule has 6 nitrogen and oxygen atoms in total. The van der Waals surface area contributed by atoms with Gasteiger partial charge >= 0.3 is 0 Å². The molecule has 2 aromatic carbocycles. The van der Waals surface area contributed by atoms with Gasteiger partial charge in [0.05, 0.1) is 4.92 Å². The largest absolute Gasteiger partial charge is 0.346 e. The van der Waals surface area contributed by atoms with E-state index in [0.29, 0.717) is 10.8 Å². The molecule has 1 heterocycles. The summed E-state index contributed by atoms with van der Waals surface area (Å²) in [6.07, 6.45) is 0. The number of nitro groups is 1. The van der Waals surface area contributed by atoms with E-state index in [9.17, 15) is 10.1 Å². The highest BCUT2D eigenvalue weighted by atomic mass is 35.5. The zero-order valence-electron chi connectivity index (χ0n) is 14.1. The quantitative estimate of drug-likeness (QED) is 0.487. The van der Waals surface area contributed by atoms with Gasteiger partial charge in [0, 0.05) is 55.6 Å². The van der Waals surface area contributed by atoms with Crippen LogP contribution in [0.4, 0.5) is 11.4 Å². The Hall–Kier alpha value is -2.22. The normalized spacial score (nSPS) is 14.9. The van der Waals surface area contributed by atoms with Crippen molar-refractivity contribution in [2.24, 2.45) is 0 Å². The topological polar surface area (TPSA) is 61.7 Å². The van der Waals surface area contributed by atoms with E-state index in [1.165, 1.54) is 12.1 Å². The summed E-state index contributed by atoms with van der Waals surface area (Å²) in [5, 5.41) is 15.3. The molecule has 3 rings (SSSR count). The molecule has 0 aromatic heterocycles. The molecule has 1 aliphatic rings. The van der Waals surface area contributed by atoms with Crippen LogP contribution in [0.1, 0.15) is 5.56 Å². The van der Waals surface area contributed by atoms with Crippen molar-refractivity contribution in [1.82, 2.24) is 9.80 Å². The minimum absolute atomic E-state index is 0.0439. The van der Waals surface area contributed by atoms with Crippen LogP contribution >= 0.6 is 23.8 Å². The number of nitrogens with zero attached hydrogens (tertiary/aromatic N) is 3. The molecule has 0 aliphatic carbocycles. The summed E-state index contributed by atoms with van der Waals surface area (Å²) in [6.45, 7) is 4.17. The van der Waals surface area contributed by atoms with Crippen LogP contribution in [-0.4, -0.2) is 46.0 Å². The summed E-state index contributed by atoms with van der Waals surface area (Å²) in [7, 11) is 0. The number of nitrogens with one attached hydrogen (secondary N) is 1. The molecule has 0 unspecified atom stereocenters. The van der Waals surface area contributed by atoms with E-state index in [1.807, 2.05) is 24.3 Å². The third-order valence-corrected chi connectivity index (χ3v) is 5.05. The number of halogens is 1. The summed E-state index contributed by atoms with van der Waals surface area (Å²) in [6, 6.07) is 14.2. The first-order valence-electron chi connectivity index (χ1n) is 8.29. The van der Waals surface area contributed by atoms with E-state index in [4.69, 9.17) is 23.8 Å². The van der Waals surface area contributed by atoms with Crippen molar-refractivity contribution in [2.75, 3.05) is 31.5 Å². The van der Waals surface area contributed by atoms with E-state index < -0.39 is 4.92 Å². The van der Waals surface area contributed by atoms with Crippen LogP contribution in [0.25, 0.3) is 0 Å². The van der Waals surface area contributed by atoms with Crippen molar-refractivity contribution < 1.29 is 4.92 Å². The molecule has 0 radical (unpaired) electrons. The van der Waals surface area contributed by atoms with Crippen molar-refractivity contribution in [2.45, 2.75) is 6.54 Å². The summed E-state index contributed by atoms with van der Waals surface area (Å²) in [5.74, 6) is 0. The number of hydrogen-bond acceptors (Lipinski definition) is 4. The van der Waals surface area contributed by atoms with Crippen LogP contribution in [0, 0.1) is 10.1 Å². The predicted molar refractivity (Wildman–Crippen MR) is 108 cm³/mol. The molecule has 1 fully saturated rings. The first-order chi connectivity index (χ1) is 12.5. The lowest BCUT2D eigenvalue weighted by molar-refractivity contribution is -0.384. The second-order valence-corrected chi connectivity index (χ2v) is 6.89. The van der Waals surface area contributed by atoms with Crippen molar-refractivity contribution in [3.05, 3.63) is 69.2 Å². The predicted octanol–water partition coefficient (Wildman–Crippen LogP) is 3.76. The monoisotopic (exact) mass is 390 g/mol. The number of thiocarbonyl (C=S) groups is 1. The van der Waals surface area contributed by atoms with Crippen LogP contribution in [-0.2, 0) is 6.54 Å². The van der Waals surface area contributed by atoms with Gasteiger partial charge in [-0.3, -0.25) is 15.0 Å². The van der Waals surface area contributed by atoms with Crippen molar-refractivity contribution in [1.29, 1.82) is 0 Å². The van der Waals surface area contributed by atoms with Gasteiger partial charge in [-0.05, 0) is 29.9 Å². The maximum Gasteiger partial charge on any atom is 0.271 e. The van der Waals surface area contributed by atoms with Gasteiger partial charge in [0.1, 0.15) is 0 Å². The SMILES string of the molecule is O=[N+]([O-])c1cccc(NC(=S)N2CCN(Cc3ccccc3Cl)CC2)c1. The van der Waals surface area contributed by atoms with Crippen LogP contribution in [0.15, 0.2) is 48.5 Å². The Morgan fingerprint density at radius 1 is 1.15 bits per heavy atom. The fourth-order valence-corrected chi connectivity index (χ4v) is 3.37. The Balaban J connectivity index is 1.53. The number of hydrogen-bond donors (Lipinski definition) is 1. The summed E-state index contributed by atoms with van der Waals surface area (Å²) >= 11 is 11.7. The molecule has 8 heteroatoms. The standard InChI is InChI=1S/C18H19ClN4O2S/c19-17-7-2-1-4-14(17)13-21-8-10-22(11-9-21)18(26)20-15-5-3-6-16(12-15)23(24)25/h1-7,12H,8-11,13H2,(H,20,26). The average molecular weight is 391 g/mol. The van der Waals surface area contributed by atoms with Crippen LogP contribution in [0.2, 0.25) is 5.02 Å². The van der Waals surface area contributed by atoms with E-state index in [2.05, 4.69) is 15.1 Å². The summed E-state index contributed by atoms with van der Waals surface area (Å²) in [5.41, 5.74) is 1.80. The number of benzene rings is 2. The second-order valence-electron chi connectivity index (χ2n) is 6.09. The van der Waals surface area contributed by atoms with E-state index in [0.717, 1.165) is 43.3 Å². The molecule has 1 saturated heterocycles. The number of anilines is 1. The molecule has 0 saturated carbocycles. The smallest absolute Gasteiger partial charge is 0.271 e. The lowest BCUT2D eigenvalue weighted by Crippen LogP contribution is -2.49. The number of non-ortho nitro benzene ring substituents is 1. The van der Waals surface area contributed by atoms with Gasteiger partial charge < -0.3 is 10.2 Å². The van der Waals surface area contributed by atoms with E-state index in [1.54, 1.807) is 12.1 Å². The van der Waals surface area contributed by atoms with Crippen LogP contribution < -0.4 is 5.32 Å². The Bertz CT molecular complexity index is 809. The third-order valence-electron chi connectivity index (χ3n) is 4.32. The van der Waals surface area contributed by atoms with Gasteiger partial charge in [-0.15, -0.1) is 0 Å². The third kappa shape index (κ3) is 4.69. The van der Waals surface area contributed by atoms with Crippen LogP contribution in [0.3, 0.4) is 0 Å². The van der Waals surface area contributed by atoms with Crippen LogP contribution in [0.5, 0.6) is 0 Å². The van der Waals surface area contributed by atoms with Gasteiger partial charge in [-0.1, -0.05) is 35.9 Å². The van der Waals surface area contributed by atoms with Gasteiger partial charge in [0.15, 0.2) is 5.11 Å². The van der Waals surface area contributed by atoms with Gasteiger partial charge in [-0.25, -0.2) is 0 Å². The highest BCUT2D eigenvalue weighted by Gasteiger charge is 2.20. The molecular formula is C18H19ClN4O2S. The van der Waals surface area contributed by atoms with Crippen molar-refractivity contribution >= 4 is 40.3 Å². The van der Waals surface area contributed by atoms with E-state index >= 15 is 0 Å². The van der Waals surface area contributed by atoms with Gasteiger partial charge in [-0.2, -0.15) is 0 Å². The van der Waals surface area contributed by atoms with Crippen molar-refractivity contribution in [3.8, 4) is 0 Å². The molecule has 1 aliphatic heterocycles. The summed E-state index contributed by atoms with van der Waals surface area (Å²) in [4.78, 5) is 14.9. The Kier molecular flexibility index (Phi) is 6.03. The van der Waals surface area contributed by atoms with E-state index in [-0.39, 0.29) is 5.69 Å². The lowest BCUT2D eigenvalue weighted by Gasteiger charge is -2.36. The fourth-order valence-electron chi connectivity index (χ4n) is 2.88. The maximum absolute atomic E-state index is 10.9. The minimum atomic E-state index is -0.415. The first-order valence-corrected chi connectivity index (χ1v) is 9.08. The molecule has 0 atom stereocenters. The van der Waals surface area contributed by atoms with Gasteiger partial charge in [0.2, 0.25) is 0 Å². The van der Waals surface area contributed by atoms with Crippen molar-refractivity contribution in [3.63, 3.8) is 0 Å². The fraction of sp³-hybridized carbons (Fsp3) is 0.278. The Morgan fingerprint density at radius 3 is 2.58 bits per heavy atom. The summed E-state index contributed by atoms with van der Waals surface area (Å²) < 4.78 is 0. The second kappa shape index (κ2) is 8.44. The number of piperazine rings is 1. The molecule has 1 N–H and O–H groups in total. The highest BCUT2D eigenvalue weighted by Crippen LogP contribution is 2.19. The molecule has 0 bridgehead atoms. The maximum atomic E-state index is 10.9. The Morgan fingerprint density at radius 2 is 1.88 bits per heavy atom. The van der Waals surface area contributed by atoms with Gasteiger partial charge in [0.25, 0.3) is 5.69 Å². The molecule has 2 aromatic rings.